The highest BCUT2D eigenvalue weighted by atomic mass is 16.4. The van der Waals surface area contributed by atoms with E-state index in [4.69, 9.17) is 5.11 Å². The van der Waals surface area contributed by atoms with E-state index in [1.165, 1.54) is 12.1 Å². The number of carbonyl (C=O) groups is 3. The quantitative estimate of drug-likeness (QED) is 0.758. The van der Waals surface area contributed by atoms with Crippen LogP contribution in [0.3, 0.4) is 0 Å². The van der Waals surface area contributed by atoms with Crippen LogP contribution in [0.4, 0.5) is 0 Å². The number of ketones is 2. The van der Waals surface area contributed by atoms with Crippen LogP contribution in [0.1, 0.15) is 22.3 Å². The van der Waals surface area contributed by atoms with Gasteiger partial charge in [-0.3, -0.25) is 14.9 Å². The minimum absolute atomic E-state index is 0.156. The summed E-state index contributed by atoms with van der Waals surface area (Å²) < 4.78 is 0. The molecule has 0 aliphatic heterocycles. The number of rotatable bonds is 4. The normalized spacial score (nSPS) is 28.7. The summed E-state index contributed by atoms with van der Waals surface area (Å²) in [6.07, 6.45) is 5.13. The Morgan fingerprint density at radius 1 is 1.29 bits per heavy atom. The molecule has 3 N–H and O–H groups in total. The van der Waals surface area contributed by atoms with Crippen molar-refractivity contribution in [2.24, 2.45) is 5.92 Å². The summed E-state index contributed by atoms with van der Waals surface area (Å²) in [5.41, 5.74) is -0.342. The molecule has 0 bridgehead atoms. The molecule has 124 valence electrons. The van der Waals surface area contributed by atoms with E-state index >= 15 is 0 Å². The van der Waals surface area contributed by atoms with Crippen molar-refractivity contribution in [3.63, 3.8) is 0 Å². The second-order valence-corrected chi connectivity index (χ2v) is 6.00. The van der Waals surface area contributed by atoms with E-state index in [-0.39, 0.29) is 30.1 Å². The monoisotopic (exact) mass is 327 g/mol. The molecule has 2 aliphatic carbocycles. The van der Waals surface area contributed by atoms with E-state index in [1.54, 1.807) is 36.4 Å². The van der Waals surface area contributed by atoms with E-state index in [2.05, 4.69) is 5.32 Å². The van der Waals surface area contributed by atoms with Crippen molar-refractivity contribution in [1.29, 1.82) is 0 Å². The van der Waals surface area contributed by atoms with Gasteiger partial charge in [0.15, 0.2) is 11.6 Å². The molecule has 3 atom stereocenters. The van der Waals surface area contributed by atoms with Crippen molar-refractivity contribution in [1.82, 2.24) is 5.32 Å². The Labute approximate surface area is 138 Å². The van der Waals surface area contributed by atoms with Gasteiger partial charge in [0.2, 0.25) is 0 Å². The van der Waals surface area contributed by atoms with Crippen molar-refractivity contribution >= 4 is 17.5 Å². The molecule has 24 heavy (non-hydrogen) atoms. The summed E-state index contributed by atoms with van der Waals surface area (Å²) in [4.78, 5) is 35.9. The predicted molar refractivity (Wildman–Crippen MR) is 85.4 cm³/mol. The Morgan fingerprint density at radius 3 is 2.83 bits per heavy atom. The van der Waals surface area contributed by atoms with Crippen molar-refractivity contribution in [3.8, 4) is 0 Å². The molecule has 6 nitrogen and oxygen atoms in total. The maximum absolute atomic E-state index is 12.5. The lowest BCUT2D eigenvalue weighted by molar-refractivity contribution is -0.145. The van der Waals surface area contributed by atoms with Crippen LogP contribution in [-0.2, 0) is 16.1 Å². The van der Waals surface area contributed by atoms with Crippen LogP contribution in [0.15, 0.2) is 48.6 Å². The van der Waals surface area contributed by atoms with E-state index in [0.29, 0.717) is 5.56 Å². The van der Waals surface area contributed by atoms with E-state index in [1.807, 2.05) is 0 Å². The van der Waals surface area contributed by atoms with Crippen molar-refractivity contribution in [2.75, 3.05) is 0 Å². The molecule has 0 amide bonds. The van der Waals surface area contributed by atoms with Crippen LogP contribution in [0, 0.1) is 5.92 Å². The van der Waals surface area contributed by atoms with Crippen molar-refractivity contribution in [3.05, 3.63) is 59.7 Å². The molecule has 2 aliphatic rings. The van der Waals surface area contributed by atoms with E-state index < -0.39 is 23.5 Å². The number of Topliss-reactive ketones (excluding diaryl/α,β-unsaturated/α-hetero) is 2. The molecule has 1 saturated carbocycles. The summed E-state index contributed by atoms with van der Waals surface area (Å²) in [5.74, 6) is -2.43. The predicted octanol–water partition coefficient (Wildman–Crippen LogP) is 0.858. The molecule has 0 heterocycles. The SMILES string of the molecule is O=C(O)c1cccc(CNC23C=CC=CC2C(=O)C(O)CC3=O)c1. The molecule has 0 radical (unpaired) electrons. The first-order valence-electron chi connectivity index (χ1n) is 7.62. The number of aromatic carboxylic acids is 1. The van der Waals surface area contributed by atoms with Gasteiger partial charge in [0.1, 0.15) is 11.6 Å². The zero-order valence-corrected chi connectivity index (χ0v) is 12.8. The van der Waals surface area contributed by atoms with Gasteiger partial charge in [0.05, 0.1) is 11.5 Å². The molecule has 0 saturated heterocycles. The molecule has 3 unspecified atom stereocenters. The Morgan fingerprint density at radius 2 is 2.08 bits per heavy atom. The van der Waals surface area contributed by atoms with Gasteiger partial charge in [-0.1, -0.05) is 36.4 Å². The Kier molecular flexibility index (Phi) is 4.17. The molecule has 1 aromatic rings. The average Bonchev–Trinajstić information content (AvgIpc) is 2.58. The lowest BCUT2D eigenvalue weighted by Crippen LogP contribution is -2.63. The molecule has 3 rings (SSSR count). The number of aliphatic hydroxyl groups excluding tert-OH is 1. The van der Waals surface area contributed by atoms with Crippen LogP contribution in [0.25, 0.3) is 0 Å². The number of nitrogens with one attached hydrogen (secondary N) is 1. The van der Waals surface area contributed by atoms with Crippen LogP contribution in [-0.4, -0.2) is 39.4 Å². The summed E-state index contributed by atoms with van der Waals surface area (Å²) in [7, 11) is 0. The molecule has 1 fully saturated rings. The van der Waals surface area contributed by atoms with Crippen LogP contribution < -0.4 is 5.32 Å². The smallest absolute Gasteiger partial charge is 0.335 e. The minimum Gasteiger partial charge on any atom is -0.478 e. The fourth-order valence-electron chi connectivity index (χ4n) is 3.21. The molecule has 0 spiro atoms. The van der Waals surface area contributed by atoms with E-state index in [0.717, 1.165) is 0 Å². The maximum Gasteiger partial charge on any atom is 0.335 e. The zero-order chi connectivity index (χ0) is 17.3. The van der Waals surface area contributed by atoms with Gasteiger partial charge in [-0.2, -0.15) is 0 Å². The highest BCUT2D eigenvalue weighted by molar-refractivity contribution is 6.06. The number of hydrogen-bond donors (Lipinski definition) is 3. The third kappa shape index (κ3) is 2.70. The largest absolute Gasteiger partial charge is 0.478 e. The second kappa shape index (κ2) is 6.14. The molecule has 0 aromatic heterocycles. The topological polar surface area (TPSA) is 104 Å². The highest BCUT2D eigenvalue weighted by Gasteiger charge is 2.52. The first kappa shape index (κ1) is 16.3. The van der Waals surface area contributed by atoms with Crippen molar-refractivity contribution < 1.29 is 24.6 Å². The fraction of sp³-hybridized carbons (Fsp3) is 0.278. The average molecular weight is 327 g/mol. The molecular weight excluding hydrogens is 310 g/mol. The number of benzene rings is 1. The number of carbonyl (C=O) groups excluding carboxylic acids is 2. The van der Waals surface area contributed by atoms with Gasteiger partial charge in [-0.25, -0.2) is 4.79 Å². The third-order valence-electron chi connectivity index (χ3n) is 4.50. The van der Waals surface area contributed by atoms with Crippen LogP contribution >= 0.6 is 0 Å². The van der Waals surface area contributed by atoms with Gasteiger partial charge in [0.25, 0.3) is 0 Å². The Balaban J connectivity index is 1.86. The van der Waals surface area contributed by atoms with Crippen molar-refractivity contribution in [2.45, 2.75) is 24.6 Å². The Hall–Kier alpha value is -2.57. The standard InChI is InChI=1S/C18H17NO5/c20-14-9-15(21)18(7-2-1-6-13(18)16(14)22)19-10-11-4-3-5-12(8-11)17(23)24/h1-8,13-14,19-20H,9-10H2,(H,23,24). The van der Waals surface area contributed by atoms with Gasteiger partial charge < -0.3 is 10.2 Å². The number of carboxylic acid groups (broad SMARTS) is 1. The number of carboxylic acids is 1. The molecule has 1 aromatic carbocycles. The second-order valence-electron chi connectivity index (χ2n) is 6.00. The first-order chi connectivity index (χ1) is 11.4. The Bertz CT molecular complexity index is 766. The van der Waals surface area contributed by atoms with Crippen LogP contribution in [0.2, 0.25) is 0 Å². The number of aliphatic hydroxyl groups is 1. The lowest BCUT2D eigenvalue weighted by Gasteiger charge is -2.42. The van der Waals surface area contributed by atoms with Crippen LogP contribution in [0.5, 0.6) is 0 Å². The zero-order valence-electron chi connectivity index (χ0n) is 12.8. The third-order valence-corrected chi connectivity index (χ3v) is 4.50. The van der Waals surface area contributed by atoms with Gasteiger partial charge in [-0.15, -0.1) is 0 Å². The van der Waals surface area contributed by atoms with Gasteiger partial charge >= 0.3 is 5.97 Å². The molecular formula is C18H17NO5. The summed E-state index contributed by atoms with van der Waals surface area (Å²) in [5, 5.41) is 21.9. The van der Waals surface area contributed by atoms with Gasteiger partial charge in [0, 0.05) is 13.0 Å². The van der Waals surface area contributed by atoms with Gasteiger partial charge in [-0.05, 0) is 17.7 Å². The molecule has 6 heteroatoms. The number of allylic oxidation sites excluding steroid dienone is 2. The highest BCUT2D eigenvalue weighted by Crippen LogP contribution is 2.34. The summed E-state index contributed by atoms with van der Waals surface area (Å²) in [6, 6.07) is 6.39. The number of fused-ring (bicyclic) bond motifs is 1. The summed E-state index contributed by atoms with van der Waals surface area (Å²) in [6.45, 7) is 0.227. The number of hydrogen-bond acceptors (Lipinski definition) is 5. The maximum atomic E-state index is 12.5. The minimum atomic E-state index is -1.27. The van der Waals surface area contributed by atoms with E-state index in [9.17, 15) is 19.5 Å². The fourth-order valence-corrected chi connectivity index (χ4v) is 3.21. The first-order valence-corrected chi connectivity index (χ1v) is 7.62. The lowest BCUT2D eigenvalue weighted by atomic mass is 9.68. The summed E-state index contributed by atoms with van der Waals surface area (Å²) >= 11 is 0.